The lowest BCUT2D eigenvalue weighted by Crippen LogP contribution is -2.41. The Balaban J connectivity index is 1.92. The molecule has 1 aliphatic rings. The average molecular weight is 320 g/mol. The number of nitrogens with one attached hydrogen (secondary N) is 1. The lowest BCUT2D eigenvalue weighted by atomic mass is 9.92. The van der Waals surface area contributed by atoms with E-state index < -0.39 is 11.6 Å². The highest BCUT2D eigenvalue weighted by Gasteiger charge is 2.49. The third-order valence-corrected chi connectivity index (χ3v) is 4.01. The zero-order valence-electron chi connectivity index (χ0n) is 12.1. The minimum atomic E-state index is -1.19. The van der Waals surface area contributed by atoms with Gasteiger partial charge in [-0.05, 0) is 19.9 Å². The Kier molecular flexibility index (Phi) is 3.41. The molecule has 1 aromatic carbocycles. The Morgan fingerprint density at radius 2 is 2.09 bits per heavy atom. The van der Waals surface area contributed by atoms with Crippen LogP contribution in [0.5, 0.6) is 0 Å². The maximum Gasteiger partial charge on any atom is 0.325 e. The molecule has 0 aliphatic carbocycles. The number of imide groups is 1. The van der Waals surface area contributed by atoms with Crippen molar-refractivity contribution in [2.75, 3.05) is 0 Å². The van der Waals surface area contributed by atoms with Crippen molar-refractivity contribution < 1.29 is 14.1 Å². The highest BCUT2D eigenvalue weighted by Crippen LogP contribution is 2.33. The van der Waals surface area contributed by atoms with Crippen LogP contribution in [0.25, 0.3) is 0 Å². The Bertz CT molecular complexity index is 758. The van der Waals surface area contributed by atoms with Crippen LogP contribution in [-0.4, -0.2) is 22.0 Å². The van der Waals surface area contributed by atoms with Gasteiger partial charge in [-0.1, -0.05) is 35.0 Å². The fourth-order valence-corrected chi connectivity index (χ4v) is 2.87. The molecule has 3 rings (SSSR count). The molecular formula is C15H14ClN3O3. The van der Waals surface area contributed by atoms with Crippen LogP contribution < -0.4 is 5.32 Å². The van der Waals surface area contributed by atoms with Gasteiger partial charge >= 0.3 is 6.03 Å². The van der Waals surface area contributed by atoms with Gasteiger partial charge < -0.3 is 9.84 Å². The predicted molar refractivity (Wildman–Crippen MR) is 79.1 cm³/mol. The van der Waals surface area contributed by atoms with Crippen molar-refractivity contribution >= 4 is 23.5 Å². The zero-order chi connectivity index (χ0) is 15.9. The monoisotopic (exact) mass is 319 g/mol. The molecule has 2 heterocycles. The molecule has 1 aliphatic heterocycles. The lowest BCUT2D eigenvalue weighted by Gasteiger charge is -2.23. The summed E-state index contributed by atoms with van der Waals surface area (Å²) >= 11 is 6.17. The summed E-state index contributed by atoms with van der Waals surface area (Å²) in [5, 5.41) is 6.95. The fraction of sp³-hybridized carbons (Fsp3) is 0.267. The van der Waals surface area contributed by atoms with Crippen molar-refractivity contribution in [3.8, 4) is 0 Å². The molecule has 7 heteroatoms. The molecule has 3 amide bonds. The molecule has 1 saturated heterocycles. The summed E-state index contributed by atoms with van der Waals surface area (Å²) in [6, 6.07) is 8.16. The topological polar surface area (TPSA) is 75.4 Å². The Morgan fingerprint density at radius 3 is 2.73 bits per heavy atom. The summed E-state index contributed by atoms with van der Waals surface area (Å²) in [7, 11) is 0. The summed E-state index contributed by atoms with van der Waals surface area (Å²) in [6.07, 6.45) is 0. The van der Waals surface area contributed by atoms with E-state index in [4.69, 9.17) is 16.1 Å². The third-order valence-electron chi connectivity index (χ3n) is 3.68. The number of aromatic nitrogens is 1. The Labute approximate surface area is 132 Å². The average Bonchev–Trinajstić information content (AvgIpc) is 2.97. The van der Waals surface area contributed by atoms with E-state index in [1.807, 2.05) is 0 Å². The van der Waals surface area contributed by atoms with Gasteiger partial charge in [-0.15, -0.1) is 0 Å². The van der Waals surface area contributed by atoms with E-state index in [1.165, 1.54) is 0 Å². The molecule has 1 atom stereocenters. The van der Waals surface area contributed by atoms with E-state index in [0.29, 0.717) is 22.0 Å². The van der Waals surface area contributed by atoms with Crippen molar-refractivity contribution in [3.63, 3.8) is 0 Å². The number of carbonyl (C=O) groups excluding carboxylic acids is 2. The summed E-state index contributed by atoms with van der Waals surface area (Å²) < 4.78 is 4.96. The number of hydrogen-bond acceptors (Lipinski definition) is 4. The Morgan fingerprint density at radius 1 is 1.36 bits per heavy atom. The van der Waals surface area contributed by atoms with Crippen LogP contribution in [0.3, 0.4) is 0 Å². The number of carbonyl (C=O) groups is 2. The molecule has 0 unspecified atom stereocenters. The minimum absolute atomic E-state index is 0.0576. The van der Waals surface area contributed by atoms with Gasteiger partial charge in [-0.3, -0.25) is 9.69 Å². The van der Waals surface area contributed by atoms with Crippen molar-refractivity contribution in [3.05, 3.63) is 52.4 Å². The van der Waals surface area contributed by atoms with Gasteiger partial charge in [0.1, 0.15) is 17.0 Å². The quantitative estimate of drug-likeness (QED) is 0.882. The molecule has 0 radical (unpaired) electrons. The van der Waals surface area contributed by atoms with Gasteiger partial charge in [0, 0.05) is 16.7 Å². The number of amides is 3. The van der Waals surface area contributed by atoms with Crippen molar-refractivity contribution in [1.82, 2.24) is 15.4 Å². The molecule has 1 fully saturated rings. The van der Waals surface area contributed by atoms with Crippen LogP contribution in [0, 0.1) is 6.92 Å². The number of urea groups is 1. The number of aryl methyl sites for hydroxylation is 1. The molecule has 0 bridgehead atoms. The molecule has 2 aromatic rings. The summed E-state index contributed by atoms with van der Waals surface area (Å²) in [5.74, 6) is 0.252. The molecule has 6 nitrogen and oxygen atoms in total. The van der Waals surface area contributed by atoms with Crippen LogP contribution in [-0.2, 0) is 16.9 Å². The number of rotatable bonds is 3. The molecular weight excluding hydrogens is 306 g/mol. The van der Waals surface area contributed by atoms with E-state index in [1.54, 1.807) is 44.2 Å². The highest BCUT2D eigenvalue weighted by molar-refractivity contribution is 6.32. The van der Waals surface area contributed by atoms with Gasteiger partial charge in [0.25, 0.3) is 5.91 Å². The predicted octanol–water partition coefficient (Wildman–Crippen LogP) is 2.60. The molecule has 114 valence electrons. The van der Waals surface area contributed by atoms with Crippen molar-refractivity contribution in [2.24, 2.45) is 0 Å². The number of benzene rings is 1. The molecule has 0 spiro atoms. The third kappa shape index (κ3) is 2.25. The SMILES string of the molecule is Cc1cc(CN2C(=O)N[C@@](C)(c3ccccc3Cl)C2=O)no1. The second-order valence-electron chi connectivity index (χ2n) is 5.36. The van der Waals surface area contributed by atoms with Crippen LogP contribution in [0.15, 0.2) is 34.9 Å². The van der Waals surface area contributed by atoms with Gasteiger partial charge in [0.2, 0.25) is 0 Å². The second kappa shape index (κ2) is 5.14. The molecule has 1 aromatic heterocycles. The van der Waals surface area contributed by atoms with Crippen LogP contribution in [0.1, 0.15) is 23.9 Å². The second-order valence-corrected chi connectivity index (χ2v) is 5.76. The molecule has 22 heavy (non-hydrogen) atoms. The fourth-order valence-electron chi connectivity index (χ4n) is 2.54. The summed E-state index contributed by atoms with van der Waals surface area (Å²) in [5.41, 5.74) is -0.105. The number of hydrogen-bond donors (Lipinski definition) is 1. The number of nitrogens with zero attached hydrogens (tertiary/aromatic N) is 2. The van der Waals surface area contributed by atoms with E-state index in [-0.39, 0.29) is 12.5 Å². The first-order valence-corrected chi connectivity index (χ1v) is 7.11. The number of halogens is 1. The maximum absolute atomic E-state index is 12.7. The van der Waals surface area contributed by atoms with E-state index in [2.05, 4.69) is 10.5 Å². The first-order chi connectivity index (χ1) is 10.4. The van der Waals surface area contributed by atoms with Crippen molar-refractivity contribution in [2.45, 2.75) is 25.9 Å². The highest BCUT2D eigenvalue weighted by atomic mass is 35.5. The Hall–Kier alpha value is -2.34. The minimum Gasteiger partial charge on any atom is -0.361 e. The van der Waals surface area contributed by atoms with Crippen molar-refractivity contribution in [1.29, 1.82) is 0 Å². The first kappa shape index (κ1) is 14.6. The summed E-state index contributed by atoms with van der Waals surface area (Å²) in [6.45, 7) is 3.45. The first-order valence-electron chi connectivity index (χ1n) is 6.73. The van der Waals surface area contributed by atoms with E-state index >= 15 is 0 Å². The maximum atomic E-state index is 12.7. The summed E-state index contributed by atoms with van der Waals surface area (Å²) in [4.78, 5) is 26.0. The van der Waals surface area contributed by atoms with Gasteiger partial charge in [-0.2, -0.15) is 0 Å². The van der Waals surface area contributed by atoms with Gasteiger partial charge in [0.15, 0.2) is 0 Å². The van der Waals surface area contributed by atoms with Gasteiger partial charge in [0.05, 0.1) is 6.54 Å². The largest absolute Gasteiger partial charge is 0.361 e. The standard InChI is InChI=1S/C15H14ClN3O3/c1-9-7-10(18-22-9)8-19-13(20)15(2,17-14(19)21)11-5-3-4-6-12(11)16/h3-7H,8H2,1-2H3,(H,17,21)/t15-/m0/s1. The normalized spacial score (nSPS) is 21.3. The van der Waals surface area contributed by atoms with E-state index in [9.17, 15) is 9.59 Å². The van der Waals surface area contributed by atoms with Crippen LogP contribution >= 0.6 is 11.6 Å². The zero-order valence-corrected chi connectivity index (χ0v) is 12.8. The molecule has 0 saturated carbocycles. The van der Waals surface area contributed by atoms with E-state index in [0.717, 1.165) is 4.90 Å². The van der Waals surface area contributed by atoms with Crippen LogP contribution in [0.2, 0.25) is 5.02 Å². The lowest BCUT2D eigenvalue weighted by molar-refractivity contribution is -0.131. The van der Waals surface area contributed by atoms with Gasteiger partial charge in [-0.25, -0.2) is 4.79 Å². The van der Waals surface area contributed by atoms with Crippen LogP contribution in [0.4, 0.5) is 4.79 Å². The smallest absolute Gasteiger partial charge is 0.325 e. The molecule has 1 N–H and O–H groups in total.